The lowest BCUT2D eigenvalue weighted by Gasteiger charge is -2.26. The van der Waals surface area contributed by atoms with Gasteiger partial charge in [-0.25, -0.2) is 0 Å². The predicted octanol–water partition coefficient (Wildman–Crippen LogP) is 5.91. The summed E-state index contributed by atoms with van der Waals surface area (Å²) >= 11 is 9.84. The van der Waals surface area contributed by atoms with Gasteiger partial charge in [-0.3, -0.25) is 4.79 Å². The van der Waals surface area contributed by atoms with Gasteiger partial charge in [0, 0.05) is 28.5 Å². The van der Waals surface area contributed by atoms with Crippen molar-refractivity contribution in [3.8, 4) is 0 Å². The van der Waals surface area contributed by atoms with E-state index in [1.807, 2.05) is 50.5 Å². The molecule has 3 nitrogen and oxygen atoms in total. The first-order valence-corrected chi connectivity index (χ1v) is 11.3. The molecule has 2 aromatic rings. The molecule has 1 N–H and O–H groups in total. The standard InChI is InChI=1S/C24H32BrClN2O/c1-17(2)12-20(18-8-6-5-7-9-18)14-24(29)27-16-22(28(3)4)13-19-10-11-21(25)15-23(19)26/h5-11,15,17,20,22H,12-14,16H2,1-4H3,(H,27,29)/t20?,22-/m0/s1. The second kappa shape index (κ2) is 11.7. The van der Waals surface area contributed by atoms with Gasteiger partial charge in [0.2, 0.25) is 5.91 Å². The maximum absolute atomic E-state index is 12.7. The van der Waals surface area contributed by atoms with E-state index < -0.39 is 0 Å². The summed E-state index contributed by atoms with van der Waals surface area (Å²) in [6, 6.07) is 16.5. The molecule has 0 saturated heterocycles. The lowest BCUT2D eigenvalue weighted by molar-refractivity contribution is -0.121. The first-order chi connectivity index (χ1) is 13.8. The van der Waals surface area contributed by atoms with Gasteiger partial charge in [-0.15, -0.1) is 0 Å². The van der Waals surface area contributed by atoms with Crippen LogP contribution in [-0.4, -0.2) is 37.5 Å². The highest BCUT2D eigenvalue weighted by atomic mass is 79.9. The number of hydrogen-bond donors (Lipinski definition) is 1. The summed E-state index contributed by atoms with van der Waals surface area (Å²) in [5.41, 5.74) is 2.33. The Hall–Kier alpha value is -1.36. The van der Waals surface area contributed by atoms with Crippen molar-refractivity contribution in [2.75, 3.05) is 20.6 Å². The molecule has 0 saturated carbocycles. The summed E-state index contributed by atoms with van der Waals surface area (Å²) in [6.07, 6.45) is 2.30. The fraction of sp³-hybridized carbons (Fsp3) is 0.458. The van der Waals surface area contributed by atoms with Crippen LogP contribution in [-0.2, 0) is 11.2 Å². The Kier molecular flexibility index (Phi) is 9.67. The minimum absolute atomic E-state index is 0.105. The molecule has 2 rings (SSSR count). The van der Waals surface area contributed by atoms with Crippen molar-refractivity contribution in [1.29, 1.82) is 0 Å². The van der Waals surface area contributed by atoms with Crippen molar-refractivity contribution >= 4 is 33.4 Å². The smallest absolute Gasteiger partial charge is 0.220 e. The summed E-state index contributed by atoms with van der Waals surface area (Å²) in [5.74, 6) is 0.894. The topological polar surface area (TPSA) is 32.3 Å². The zero-order valence-electron chi connectivity index (χ0n) is 17.8. The van der Waals surface area contributed by atoms with Crippen LogP contribution in [0.2, 0.25) is 5.02 Å². The summed E-state index contributed by atoms with van der Waals surface area (Å²) < 4.78 is 0.970. The highest BCUT2D eigenvalue weighted by Gasteiger charge is 2.20. The molecular weight excluding hydrogens is 448 g/mol. The SMILES string of the molecule is CC(C)CC(CC(=O)NC[C@H](Cc1ccc(Br)cc1Cl)N(C)C)c1ccccc1. The van der Waals surface area contributed by atoms with Crippen LogP contribution in [0.25, 0.3) is 0 Å². The van der Waals surface area contributed by atoms with Crippen LogP contribution < -0.4 is 5.32 Å². The van der Waals surface area contributed by atoms with Crippen molar-refractivity contribution in [2.45, 2.75) is 45.1 Å². The molecule has 2 aromatic carbocycles. The van der Waals surface area contributed by atoms with Gasteiger partial charge in [0.15, 0.2) is 0 Å². The van der Waals surface area contributed by atoms with E-state index in [1.54, 1.807) is 0 Å². The van der Waals surface area contributed by atoms with E-state index in [9.17, 15) is 4.79 Å². The third-order valence-electron chi connectivity index (χ3n) is 5.19. The molecule has 158 valence electrons. The maximum Gasteiger partial charge on any atom is 0.220 e. The van der Waals surface area contributed by atoms with Gasteiger partial charge in [-0.2, -0.15) is 0 Å². The van der Waals surface area contributed by atoms with Crippen LogP contribution in [0.3, 0.4) is 0 Å². The first kappa shape index (κ1) is 23.9. The van der Waals surface area contributed by atoms with E-state index in [1.165, 1.54) is 5.56 Å². The first-order valence-electron chi connectivity index (χ1n) is 10.2. The quantitative estimate of drug-likeness (QED) is 0.459. The number of likely N-dealkylation sites (N-methyl/N-ethyl adjacent to an activating group) is 1. The number of benzene rings is 2. The van der Waals surface area contributed by atoms with Crippen LogP contribution in [0.5, 0.6) is 0 Å². The van der Waals surface area contributed by atoms with E-state index in [2.05, 4.69) is 52.1 Å². The van der Waals surface area contributed by atoms with Crippen LogP contribution in [0.1, 0.15) is 43.7 Å². The lowest BCUT2D eigenvalue weighted by atomic mass is 9.87. The van der Waals surface area contributed by atoms with E-state index in [4.69, 9.17) is 11.6 Å². The lowest BCUT2D eigenvalue weighted by Crippen LogP contribution is -2.42. The molecule has 0 radical (unpaired) electrons. The summed E-state index contributed by atoms with van der Waals surface area (Å²) in [5, 5.41) is 3.90. The predicted molar refractivity (Wildman–Crippen MR) is 127 cm³/mol. The van der Waals surface area contributed by atoms with E-state index in [0.29, 0.717) is 18.9 Å². The number of halogens is 2. The molecule has 1 unspecified atom stereocenters. The van der Waals surface area contributed by atoms with Gasteiger partial charge in [0.1, 0.15) is 0 Å². The van der Waals surface area contributed by atoms with Crippen molar-refractivity contribution in [2.24, 2.45) is 5.92 Å². The van der Waals surface area contributed by atoms with E-state index >= 15 is 0 Å². The number of carbonyl (C=O) groups is 1. The van der Waals surface area contributed by atoms with Gasteiger partial charge >= 0.3 is 0 Å². The van der Waals surface area contributed by atoms with E-state index in [-0.39, 0.29) is 17.9 Å². The molecule has 0 aliphatic heterocycles. The number of carbonyl (C=O) groups excluding carboxylic acids is 1. The summed E-state index contributed by atoms with van der Waals surface area (Å²) in [7, 11) is 4.07. The minimum Gasteiger partial charge on any atom is -0.355 e. The van der Waals surface area contributed by atoms with Crippen LogP contribution in [0, 0.1) is 5.92 Å². The van der Waals surface area contributed by atoms with Crippen LogP contribution in [0.15, 0.2) is 53.0 Å². The monoisotopic (exact) mass is 478 g/mol. The number of rotatable bonds is 10. The highest BCUT2D eigenvalue weighted by Crippen LogP contribution is 2.27. The fourth-order valence-electron chi connectivity index (χ4n) is 3.54. The molecule has 0 spiro atoms. The Bertz CT molecular complexity index is 780. The molecule has 2 atom stereocenters. The Labute approximate surface area is 189 Å². The third kappa shape index (κ3) is 8.12. The molecule has 0 aliphatic rings. The van der Waals surface area contributed by atoms with Crippen molar-refractivity contribution in [1.82, 2.24) is 10.2 Å². The van der Waals surface area contributed by atoms with Crippen molar-refractivity contribution < 1.29 is 4.79 Å². The largest absolute Gasteiger partial charge is 0.355 e. The van der Waals surface area contributed by atoms with Crippen molar-refractivity contribution in [3.05, 3.63) is 69.2 Å². The van der Waals surface area contributed by atoms with Crippen LogP contribution in [0.4, 0.5) is 0 Å². The molecule has 0 aromatic heterocycles. The molecule has 5 heteroatoms. The fourth-order valence-corrected chi connectivity index (χ4v) is 4.29. The molecule has 29 heavy (non-hydrogen) atoms. The zero-order valence-corrected chi connectivity index (χ0v) is 20.1. The van der Waals surface area contributed by atoms with Gasteiger partial charge in [-0.05, 0) is 62.0 Å². The van der Waals surface area contributed by atoms with Gasteiger partial charge in [-0.1, -0.05) is 77.8 Å². The molecule has 0 bridgehead atoms. The summed E-state index contributed by atoms with van der Waals surface area (Å²) in [4.78, 5) is 14.9. The molecular formula is C24H32BrClN2O. The Morgan fingerprint density at radius 3 is 2.41 bits per heavy atom. The van der Waals surface area contributed by atoms with Crippen molar-refractivity contribution in [3.63, 3.8) is 0 Å². The van der Waals surface area contributed by atoms with Crippen LogP contribution >= 0.6 is 27.5 Å². The Morgan fingerprint density at radius 1 is 1.14 bits per heavy atom. The number of nitrogens with one attached hydrogen (secondary N) is 1. The number of hydrogen-bond acceptors (Lipinski definition) is 2. The van der Waals surface area contributed by atoms with Gasteiger partial charge < -0.3 is 10.2 Å². The average Bonchev–Trinajstić information content (AvgIpc) is 2.66. The van der Waals surface area contributed by atoms with E-state index in [0.717, 1.165) is 27.9 Å². The second-order valence-electron chi connectivity index (χ2n) is 8.30. The van der Waals surface area contributed by atoms with Gasteiger partial charge in [0.05, 0.1) is 0 Å². The molecule has 0 heterocycles. The molecule has 0 aliphatic carbocycles. The molecule has 0 fully saturated rings. The Balaban J connectivity index is 1.98. The average molecular weight is 480 g/mol. The number of nitrogens with zero attached hydrogens (tertiary/aromatic N) is 1. The molecule has 1 amide bonds. The number of amides is 1. The Morgan fingerprint density at radius 2 is 1.83 bits per heavy atom. The normalized spacial score (nSPS) is 13.5. The third-order valence-corrected chi connectivity index (χ3v) is 6.04. The highest BCUT2D eigenvalue weighted by molar-refractivity contribution is 9.10. The van der Waals surface area contributed by atoms with Gasteiger partial charge in [0.25, 0.3) is 0 Å². The second-order valence-corrected chi connectivity index (χ2v) is 9.63. The maximum atomic E-state index is 12.7. The summed E-state index contributed by atoms with van der Waals surface area (Å²) in [6.45, 7) is 5.01. The zero-order chi connectivity index (χ0) is 21.4. The minimum atomic E-state index is 0.105.